The fourth-order valence-electron chi connectivity index (χ4n) is 2.34. The predicted octanol–water partition coefficient (Wildman–Crippen LogP) is 3.33. The number of hydrogen-bond donors (Lipinski definition) is 2. The van der Waals surface area contributed by atoms with Gasteiger partial charge in [-0.15, -0.1) is 17.9 Å². The van der Waals surface area contributed by atoms with Crippen LogP contribution in [0.5, 0.6) is 0 Å². The zero-order valence-electron chi connectivity index (χ0n) is 13.9. The Bertz CT molecular complexity index is 1070. The highest BCUT2D eigenvalue weighted by Gasteiger charge is 2.14. The fraction of sp³-hybridized carbons (Fsp3) is 0.125. The molecule has 0 aliphatic rings. The van der Waals surface area contributed by atoms with Crippen molar-refractivity contribution in [1.82, 2.24) is 19.7 Å². The largest absolute Gasteiger partial charge is 0.300 e. The molecule has 1 amide bonds. The third-order valence-corrected chi connectivity index (χ3v) is 4.70. The van der Waals surface area contributed by atoms with Gasteiger partial charge in [0, 0.05) is 29.6 Å². The molecule has 3 aromatic rings. The van der Waals surface area contributed by atoms with Gasteiger partial charge < -0.3 is 0 Å². The van der Waals surface area contributed by atoms with Gasteiger partial charge in [-0.3, -0.25) is 29.9 Å². The summed E-state index contributed by atoms with van der Waals surface area (Å²) >= 11 is 6.43. The summed E-state index contributed by atoms with van der Waals surface area (Å²) in [5.74, 6) is 0.246. The number of allylic oxidation sites excluding steroid dienone is 1. The summed E-state index contributed by atoms with van der Waals surface area (Å²) in [5, 5.41) is 22.6. The van der Waals surface area contributed by atoms with Crippen LogP contribution in [-0.4, -0.2) is 30.6 Å². The van der Waals surface area contributed by atoms with Gasteiger partial charge in [-0.05, 0) is 18.3 Å². The van der Waals surface area contributed by atoms with Gasteiger partial charge in [0.1, 0.15) is 5.82 Å². The third kappa shape index (κ3) is 4.33. The number of nitrogens with one attached hydrogen (secondary N) is 2. The molecule has 1 aromatic carbocycles. The van der Waals surface area contributed by atoms with Crippen LogP contribution in [0.15, 0.2) is 42.3 Å². The zero-order valence-corrected chi connectivity index (χ0v) is 15.5. The second-order valence-electron chi connectivity index (χ2n) is 5.43. The molecule has 2 heterocycles. The van der Waals surface area contributed by atoms with Crippen LogP contribution in [-0.2, 0) is 13.0 Å². The summed E-state index contributed by atoms with van der Waals surface area (Å²) in [4.78, 5) is 26.9. The summed E-state index contributed by atoms with van der Waals surface area (Å²) in [6.07, 6.45) is 2.16. The van der Waals surface area contributed by atoms with Crippen LogP contribution in [0.2, 0.25) is 0 Å². The monoisotopic (exact) mass is 402 g/mol. The van der Waals surface area contributed by atoms with Crippen molar-refractivity contribution in [2.24, 2.45) is 0 Å². The van der Waals surface area contributed by atoms with E-state index in [2.05, 4.69) is 27.1 Å². The molecule has 0 spiro atoms. The van der Waals surface area contributed by atoms with Crippen molar-refractivity contribution in [3.8, 4) is 0 Å². The van der Waals surface area contributed by atoms with Crippen LogP contribution in [0, 0.1) is 14.9 Å². The van der Waals surface area contributed by atoms with Crippen molar-refractivity contribution in [3.05, 3.63) is 74.3 Å². The van der Waals surface area contributed by atoms with E-state index in [0.29, 0.717) is 34.4 Å². The summed E-state index contributed by atoms with van der Waals surface area (Å²) < 4.78 is 2.31. The van der Waals surface area contributed by atoms with E-state index in [1.54, 1.807) is 11.5 Å². The number of thiazole rings is 1. The molecule has 0 aliphatic carbocycles. The van der Waals surface area contributed by atoms with Crippen molar-refractivity contribution in [1.29, 1.82) is 0 Å². The van der Waals surface area contributed by atoms with Crippen LogP contribution >= 0.6 is 23.6 Å². The standard InChI is InChI=1S/C16H14N6O3S2/c1-2-6-21-13(19-20-16(21)26)8-11-9-27-15(17-11)18-14(23)10-4-3-5-12(7-10)22(24)25/h2-5,7,9H,1,6,8H2,(H,20,26)(H,17,18,23). The van der Waals surface area contributed by atoms with Gasteiger partial charge in [-0.1, -0.05) is 12.1 Å². The van der Waals surface area contributed by atoms with E-state index in [0.717, 1.165) is 0 Å². The minimum atomic E-state index is -0.548. The number of anilines is 1. The Labute approximate surface area is 162 Å². The predicted molar refractivity (Wildman–Crippen MR) is 104 cm³/mol. The maximum atomic E-state index is 12.3. The lowest BCUT2D eigenvalue weighted by Crippen LogP contribution is -2.12. The van der Waals surface area contributed by atoms with Gasteiger partial charge in [0.25, 0.3) is 11.6 Å². The number of benzene rings is 1. The Morgan fingerprint density at radius 3 is 3.07 bits per heavy atom. The zero-order chi connectivity index (χ0) is 19.4. The van der Waals surface area contributed by atoms with E-state index in [-0.39, 0.29) is 11.3 Å². The van der Waals surface area contributed by atoms with Crippen LogP contribution < -0.4 is 5.32 Å². The molecule has 3 rings (SSSR count). The van der Waals surface area contributed by atoms with Gasteiger partial charge in [0.05, 0.1) is 17.0 Å². The van der Waals surface area contributed by atoms with Gasteiger partial charge in [0.2, 0.25) is 0 Å². The molecule has 0 saturated carbocycles. The summed E-state index contributed by atoms with van der Waals surface area (Å²) in [5.41, 5.74) is 0.758. The van der Waals surface area contributed by atoms with Crippen molar-refractivity contribution in [3.63, 3.8) is 0 Å². The second-order valence-corrected chi connectivity index (χ2v) is 6.67. The van der Waals surface area contributed by atoms with Crippen LogP contribution in [0.3, 0.4) is 0 Å². The fourth-order valence-corrected chi connectivity index (χ4v) is 3.27. The molecular formula is C16H14N6O3S2. The number of carbonyl (C=O) groups excluding carboxylic acids is 1. The SMILES string of the molecule is C=CCn1c(Cc2csc(NC(=O)c3cccc([N+](=O)[O-])c3)n2)n[nH]c1=S. The first-order chi connectivity index (χ1) is 13.0. The Balaban J connectivity index is 1.72. The molecule has 2 N–H and O–H groups in total. The lowest BCUT2D eigenvalue weighted by Gasteiger charge is -2.02. The van der Waals surface area contributed by atoms with E-state index in [1.807, 2.05) is 4.57 Å². The number of hydrogen-bond acceptors (Lipinski definition) is 7. The summed E-state index contributed by atoms with van der Waals surface area (Å²) in [6, 6.07) is 5.51. The second kappa shape index (κ2) is 8.01. The van der Waals surface area contributed by atoms with Crippen molar-refractivity contribution in [2.45, 2.75) is 13.0 Å². The molecule has 0 aliphatic heterocycles. The first kappa shape index (κ1) is 18.6. The van der Waals surface area contributed by atoms with Crippen LogP contribution in [0.1, 0.15) is 21.9 Å². The van der Waals surface area contributed by atoms with Gasteiger partial charge in [-0.2, -0.15) is 5.10 Å². The normalized spacial score (nSPS) is 10.5. The first-order valence-electron chi connectivity index (χ1n) is 7.73. The summed E-state index contributed by atoms with van der Waals surface area (Å²) in [6.45, 7) is 4.23. The van der Waals surface area contributed by atoms with E-state index < -0.39 is 10.8 Å². The van der Waals surface area contributed by atoms with Gasteiger partial charge in [0.15, 0.2) is 9.90 Å². The molecule has 0 atom stereocenters. The van der Waals surface area contributed by atoms with Crippen LogP contribution in [0.25, 0.3) is 0 Å². The molecule has 11 heteroatoms. The third-order valence-electron chi connectivity index (χ3n) is 3.58. The molecule has 0 fully saturated rings. The Kier molecular flexibility index (Phi) is 5.52. The van der Waals surface area contributed by atoms with E-state index >= 15 is 0 Å². The molecule has 138 valence electrons. The number of rotatable bonds is 7. The topological polar surface area (TPSA) is 119 Å². The van der Waals surface area contributed by atoms with E-state index in [1.165, 1.54) is 35.6 Å². The number of non-ortho nitro benzene ring substituents is 1. The molecule has 0 radical (unpaired) electrons. The summed E-state index contributed by atoms with van der Waals surface area (Å²) in [7, 11) is 0. The number of carbonyl (C=O) groups is 1. The average Bonchev–Trinajstić information content (AvgIpc) is 3.23. The highest BCUT2D eigenvalue weighted by atomic mass is 32.1. The molecule has 0 saturated heterocycles. The van der Waals surface area contributed by atoms with E-state index in [4.69, 9.17) is 12.2 Å². The lowest BCUT2D eigenvalue weighted by molar-refractivity contribution is -0.384. The quantitative estimate of drug-likeness (QED) is 0.271. The van der Waals surface area contributed by atoms with Crippen molar-refractivity contribution >= 4 is 40.3 Å². The Hall–Kier alpha value is -3.18. The average molecular weight is 402 g/mol. The number of nitro groups is 1. The minimum Gasteiger partial charge on any atom is -0.300 e. The van der Waals surface area contributed by atoms with Crippen molar-refractivity contribution < 1.29 is 9.72 Å². The maximum Gasteiger partial charge on any atom is 0.270 e. The number of H-pyrrole nitrogens is 1. The Morgan fingerprint density at radius 1 is 1.52 bits per heavy atom. The first-order valence-corrected chi connectivity index (χ1v) is 9.02. The number of amides is 1. The number of aromatic amines is 1. The molecule has 27 heavy (non-hydrogen) atoms. The van der Waals surface area contributed by atoms with Gasteiger partial charge in [-0.25, -0.2) is 4.98 Å². The van der Waals surface area contributed by atoms with Crippen molar-refractivity contribution in [2.75, 3.05) is 5.32 Å². The maximum absolute atomic E-state index is 12.3. The number of nitrogens with zero attached hydrogens (tertiary/aromatic N) is 4. The smallest absolute Gasteiger partial charge is 0.270 e. The Morgan fingerprint density at radius 2 is 2.33 bits per heavy atom. The lowest BCUT2D eigenvalue weighted by atomic mass is 10.2. The number of nitro benzene ring substituents is 1. The van der Waals surface area contributed by atoms with Gasteiger partial charge >= 0.3 is 0 Å². The van der Waals surface area contributed by atoms with Crippen LogP contribution in [0.4, 0.5) is 10.8 Å². The molecule has 0 unspecified atom stereocenters. The molecule has 9 nitrogen and oxygen atoms in total. The minimum absolute atomic E-state index is 0.146. The highest BCUT2D eigenvalue weighted by molar-refractivity contribution is 7.71. The molecule has 0 bridgehead atoms. The highest BCUT2D eigenvalue weighted by Crippen LogP contribution is 2.20. The van der Waals surface area contributed by atoms with E-state index in [9.17, 15) is 14.9 Å². The molecular weight excluding hydrogens is 388 g/mol. The number of aromatic nitrogens is 4. The molecule has 2 aromatic heterocycles.